The second-order valence-corrected chi connectivity index (χ2v) is 4.91. The van der Waals surface area contributed by atoms with Crippen molar-refractivity contribution in [3.05, 3.63) is 58.7 Å². The van der Waals surface area contributed by atoms with Crippen LogP contribution in [0.1, 0.15) is 35.2 Å². The molecule has 20 heavy (non-hydrogen) atoms. The Bertz CT molecular complexity index is 687. The first-order chi connectivity index (χ1) is 9.85. The number of carbonyl (C=O) groups excluding carboxylic acids is 1. The van der Waals surface area contributed by atoms with E-state index in [1.165, 1.54) is 5.57 Å². The molecule has 0 atom stereocenters. The first-order valence-corrected chi connectivity index (χ1v) is 7.50. The van der Waals surface area contributed by atoms with E-state index in [-0.39, 0.29) is 0 Å². The molecule has 0 saturated heterocycles. The summed E-state index contributed by atoms with van der Waals surface area (Å²) in [6, 6.07) is 7.36. The average Bonchev–Trinajstić information content (AvgIpc) is 2.50. The summed E-state index contributed by atoms with van der Waals surface area (Å²) >= 11 is 2.05. The highest BCUT2D eigenvalue weighted by Gasteiger charge is 2.06. The van der Waals surface area contributed by atoms with Crippen LogP contribution in [-0.4, -0.2) is 6.29 Å². The van der Waals surface area contributed by atoms with Crippen molar-refractivity contribution in [2.45, 2.75) is 19.3 Å². The number of hydrogen-bond acceptors (Lipinski definition) is 1. The predicted molar refractivity (Wildman–Crippen MR) is 90.5 cm³/mol. The summed E-state index contributed by atoms with van der Waals surface area (Å²) in [7, 11) is 0. The summed E-state index contributed by atoms with van der Waals surface area (Å²) in [4.78, 5) is 10.9. The highest BCUT2D eigenvalue weighted by Crippen LogP contribution is 2.23. The van der Waals surface area contributed by atoms with E-state index in [1.54, 1.807) is 6.07 Å². The minimum atomic E-state index is 0.630. The minimum absolute atomic E-state index is 0.630. The summed E-state index contributed by atoms with van der Waals surface area (Å²) < 4.78 is 2.91. The number of hydrogen-bond donors (Lipinski definition) is 0. The van der Waals surface area contributed by atoms with Crippen molar-refractivity contribution in [2.75, 3.05) is 0 Å². The largest absolute Gasteiger partial charge is 0.298 e. The molecule has 0 spiro atoms. The van der Waals surface area contributed by atoms with E-state index in [1.807, 2.05) is 24.3 Å². The summed E-state index contributed by atoms with van der Waals surface area (Å²) in [5, 5.41) is 0. The third-order valence-electron chi connectivity index (χ3n) is 3.07. The van der Waals surface area contributed by atoms with Crippen LogP contribution in [0.2, 0.25) is 0 Å². The van der Waals surface area contributed by atoms with Crippen LogP contribution < -0.4 is 0 Å². The maximum atomic E-state index is 10.9. The van der Waals surface area contributed by atoms with E-state index in [2.05, 4.69) is 50.4 Å². The lowest BCUT2D eigenvalue weighted by Crippen LogP contribution is -1.94. The molecule has 0 fully saturated rings. The summed E-state index contributed by atoms with van der Waals surface area (Å²) in [5.41, 5.74) is 3.67. The van der Waals surface area contributed by atoms with Gasteiger partial charge in [-0.15, -0.1) is 0 Å². The second-order valence-electron chi connectivity index (χ2n) is 4.37. The molecule has 0 unspecified atom stereocenters. The Morgan fingerprint density at radius 2 is 2.05 bits per heavy atom. The van der Waals surface area contributed by atoms with Crippen molar-refractivity contribution in [2.24, 2.45) is 0 Å². The van der Waals surface area contributed by atoms with Gasteiger partial charge in [-0.1, -0.05) is 42.0 Å². The maximum absolute atomic E-state index is 10.9. The molecule has 0 aliphatic heterocycles. The van der Waals surface area contributed by atoms with Crippen molar-refractivity contribution in [1.82, 2.24) is 0 Å². The molecule has 0 saturated carbocycles. The van der Waals surface area contributed by atoms with Gasteiger partial charge in [0.15, 0.2) is 6.29 Å². The SMILES string of the molecule is O=Cc1ccccc1C#C/C=C1/CCCC=C1C#CI. The van der Waals surface area contributed by atoms with Crippen LogP contribution >= 0.6 is 22.6 Å². The van der Waals surface area contributed by atoms with Gasteiger partial charge in [-0.25, -0.2) is 0 Å². The van der Waals surface area contributed by atoms with Crippen LogP contribution in [0.15, 0.2) is 47.6 Å². The zero-order valence-corrected chi connectivity index (χ0v) is 13.1. The van der Waals surface area contributed by atoms with E-state index >= 15 is 0 Å². The standard InChI is InChI=1S/C18H13IO/c19-13-12-17-8-2-1-6-15(17)10-5-11-16-7-3-4-9-18(16)14-20/h3-4,7-10,14H,1-2,6H2/b15-10-. The van der Waals surface area contributed by atoms with Crippen molar-refractivity contribution < 1.29 is 4.79 Å². The molecule has 1 aliphatic carbocycles. The monoisotopic (exact) mass is 372 g/mol. The van der Waals surface area contributed by atoms with Gasteiger partial charge < -0.3 is 0 Å². The van der Waals surface area contributed by atoms with E-state index in [0.717, 1.165) is 36.7 Å². The summed E-state index contributed by atoms with van der Waals surface area (Å²) in [6.07, 6.45) is 8.17. The third-order valence-corrected chi connectivity index (χ3v) is 3.34. The molecular weight excluding hydrogens is 359 g/mol. The molecule has 0 aromatic heterocycles. The van der Waals surface area contributed by atoms with Gasteiger partial charge in [-0.05, 0) is 40.9 Å². The molecule has 1 aromatic carbocycles. The third kappa shape index (κ3) is 3.85. The summed E-state index contributed by atoms with van der Waals surface area (Å²) in [6.45, 7) is 0. The molecule has 0 amide bonds. The van der Waals surface area contributed by atoms with Gasteiger partial charge in [0.2, 0.25) is 0 Å². The van der Waals surface area contributed by atoms with Crippen LogP contribution in [0, 0.1) is 21.7 Å². The Labute approximate surface area is 133 Å². The number of carbonyl (C=O) groups is 1. The normalized spacial score (nSPS) is 15.4. The average molecular weight is 372 g/mol. The van der Waals surface area contributed by atoms with Gasteiger partial charge in [0, 0.05) is 39.3 Å². The fraction of sp³-hybridized carbons (Fsp3) is 0.167. The molecule has 0 heterocycles. The number of allylic oxidation sites excluding steroid dienone is 4. The summed E-state index contributed by atoms with van der Waals surface area (Å²) in [5.74, 6) is 9.20. The number of halogens is 1. The molecule has 1 nitrogen and oxygen atoms in total. The second kappa shape index (κ2) is 7.72. The van der Waals surface area contributed by atoms with E-state index in [4.69, 9.17) is 0 Å². The zero-order chi connectivity index (χ0) is 14.2. The Balaban J connectivity index is 2.26. The van der Waals surface area contributed by atoms with Crippen LogP contribution in [0.3, 0.4) is 0 Å². The fourth-order valence-corrected chi connectivity index (χ4v) is 2.34. The Hall–Kier alpha value is -1.78. The molecule has 98 valence electrons. The van der Waals surface area contributed by atoms with E-state index < -0.39 is 0 Å². The number of aldehydes is 1. The predicted octanol–water partition coefficient (Wildman–Crippen LogP) is 4.28. The Morgan fingerprint density at radius 1 is 1.20 bits per heavy atom. The van der Waals surface area contributed by atoms with E-state index in [0.29, 0.717) is 5.56 Å². The smallest absolute Gasteiger partial charge is 0.151 e. The molecule has 1 aliphatic rings. The van der Waals surface area contributed by atoms with Gasteiger partial charge in [0.1, 0.15) is 0 Å². The topological polar surface area (TPSA) is 17.1 Å². The Kier molecular flexibility index (Phi) is 5.65. The minimum Gasteiger partial charge on any atom is -0.298 e. The van der Waals surface area contributed by atoms with Crippen LogP contribution in [0.25, 0.3) is 0 Å². The van der Waals surface area contributed by atoms with Gasteiger partial charge in [-0.2, -0.15) is 0 Å². The van der Waals surface area contributed by atoms with Crippen LogP contribution in [0.5, 0.6) is 0 Å². The quantitative estimate of drug-likeness (QED) is 0.409. The number of rotatable bonds is 1. The highest BCUT2D eigenvalue weighted by molar-refractivity contribution is 14.1. The molecule has 2 rings (SSSR count). The van der Waals surface area contributed by atoms with Crippen LogP contribution in [-0.2, 0) is 0 Å². The first-order valence-electron chi connectivity index (χ1n) is 6.42. The van der Waals surface area contributed by atoms with Crippen molar-refractivity contribution in [3.8, 4) is 21.7 Å². The first kappa shape index (κ1) is 14.6. The van der Waals surface area contributed by atoms with Gasteiger partial charge in [0.05, 0.1) is 0 Å². The van der Waals surface area contributed by atoms with Crippen molar-refractivity contribution in [1.29, 1.82) is 0 Å². The van der Waals surface area contributed by atoms with E-state index in [9.17, 15) is 4.79 Å². The van der Waals surface area contributed by atoms with Gasteiger partial charge in [0.25, 0.3) is 0 Å². The molecule has 0 radical (unpaired) electrons. The van der Waals surface area contributed by atoms with Gasteiger partial charge >= 0.3 is 0 Å². The molecule has 1 aromatic rings. The van der Waals surface area contributed by atoms with Crippen molar-refractivity contribution in [3.63, 3.8) is 0 Å². The van der Waals surface area contributed by atoms with Crippen molar-refractivity contribution >= 4 is 28.9 Å². The van der Waals surface area contributed by atoms with Crippen LogP contribution in [0.4, 0.5) is 0 Å². The molecule has 0 bridgehead atoms. The number of benzene rings is 1. The molecular formula is C18H13IO. The Morgan fingerprint density at radius 3 is 2.85 bits per heavy atom. The lowest BCUT2D eigenvalue weighted by atomic mass is 9.94. The van der Waals surface area contributed by atoms with Gasteiger partial charge in [-0.3, -0.25) is 4.79 Å². The molecule has 0 N–H and O–H groups in total. The fourth-order valence-electron chi connectivity index (χ4n) is 2.05. The molecule has 2 heteroatoms. The highest BCUT2D eigenvalue weighted by atomic mass is 127. The lowest BCUT2D eigenvalue weighted by Gasteiger charge is -2.10. The maximum Gasteiger partial charge on any atom is 0.151 e. The zero-order valence-electron chi connectivity index (χ0n) is 10.9. The lowest BCUT2D eigenvalue weighted by molar-refractivity contribution is 0.112.